The first-order chi connectivity index (χ1) is 15.9. The van der Waals surface area contributed by atoms with E-state index in [-0.39, 0.29) is 40.2 Å². The molecule has 4 fully saturated rings. The molecule has 6 nitrogen and oxygen atoms in total. The maximum Gasteiger partial charge on any atom is 0.219 e. The molecular weight excluding hydrogens is 430 g/mol. The van der Waals surface area contributed by atoms with Crippen molar-refractivity contribution in [1.82, 2.24) is 4.90 Å². The Kier molecular flexibility index (Phi) is 4.33. The van der Waals surface area contributed by atoms with Gasteiger partial charge >= 0.3 is 0 Å². The van der Waals surface area contributed by atoms with Gasteiger partial charge in [-0.2, -0.15) is 0 Å². The van der Waals surface area contributed by atoms with Crippen molar-refractivity contribution >= 4 is 5.91 Å². The average molecular weight is 470 g/mol. The summed E-state index contributed by atoms with van der Waals surface area (Å²) in [6.07, 6.45) is 4.09. The Morgan fingerprint density at radius 3 is 2.53 bits per heavy atom. The first-order valence-corrected chi connectivity index (χ1v) is 12.8. The molecule has 0 radical (unpaired) electrons. The van der Waals surface area contributed by atoms with Gasteiger partial charge in [-0.1, -0.05) is 26.8 Å². The number of ether oxygens (including phenoxy) is 3. The monoisotopic (exact) mass is 469 g/mol. The molecule has 2 heterocycles. The standard InChI is InChI=1S/C28H39NO5/c1-16(30)29-13-12-27-21-17-8-9-18(32-6)22(21)34-23(27)28(33-7)11-10-26(27,20(29)14-17)15-19(28)25(5,31)24(2,3)4/h8-9,19-20,23,31H,10-15H2,1-7H3/t19-,20-,23-,25+,26-,27+,28-/m1/s1. The number of amides is 1. The van der Waals surface area contributed by atoms with Gasteiger partial charge in [0.2, 0.25) is 5.91 Å². The van der Waals surface area contributed by atoms with Gasteiger partial charge in [0.25, 0.3) is 0 Å². The van der Waals surface area contributed by atoms with Crippen molar-refractivity contribution in [1.29, 1.82) is 0 Å². The van der Waals surface area contributed by atoms with Gasteiger partial charge in [0.05, 0.1) is 12.7 Å². The summed E-state index contributed by atoms with van der Waals surface area (Å²) in [6.45, 7) is 10.8. The summed E-state index contributed by atoms with van der Waals surface area (Å²) in [5.41, 5.74) is 0.245. The fourth-order valence-corrected chi connectivity index (χ4v) is 9.16. The van der Waals surface area contributed by atoms with Crippen LogP contribution in [0.4, 0.5) is 0 Å². The number of nitrogens with zero attached hydrogens (tertiary/aromatic N) is 1. The minimum Gasteiger partial charge on any atom is -0.493 e. The van der Waals surface area contributed by atoms with E-state index in [0.29, 0.717) is 0 Å². The number of fused-ring (bicyclic) bond motifs is 2. The molecule has 1 N–H and O–H groups in total. The Morgan fingerprint density at radius 2 is 1.91 bits per heavy atom. The summed E-state index contributed by atoms with van der Waals surface area (Å²) < 4.78 is 19.3. The molecule has 1 aromatic carbocycles. The SMILES string of the molecule is COc1ccc2c3c1O[C@H]1[C@@]4(OC)CC[C@@]5(C[C@@H]4[C@](C)(O)C(C)(C)C)[C@@H](C2)N(C(C)=O)CC[C@]315. The quantitative estimate of drug-likeness (QED) is 0.728. The Hall–Kier alpha value is -1.79. The second kappa shape index (κ2) is 6.50. The lowest BCUT2D eigenvalue weighted by molar-refractivity contribution is -0.310. The van der Waals surface area contributed by atoms with Crippen LogP contribution in [0.3, 0.4) is 0 Å². The lowest BCUT2D eigenvalue weighted by Gasteiger charge is -2.75. The van der Waals surface area contributed by atoms with Crippen LogP contribution in [0.15, 0.2) is 12.1 Å². The zero-order valence-electron chi connectivity index (χ0n) is 21.7. The fraction of sp³-hybridized carbons (Fsp3) is 0.750. The van der Waals surface area contributed by atoms with Gasteiger partial charge in [0.15, 0.2) is 11.5 Å². The number of carbonyl (C=O) groups is 1. The van der Waals surface area contributed by atoms with E-state index >= 15 is 0 Å². The summed E-state index contributed by atoms with van der Waals surface area (Å²) in [7, 11) is 3.51. The molecule has 7 atom stereocenters. The third-order valence-corrected chi connectivity index (χ3v) is 11.2. The molecule has 2 spiro atoms. The molecule has 4 bridgehead atoms. The minimum absolute atomic E-state index is 0.102. The summed E-state index contributed by atoms with van der Waals surface area (Å²) in [5.74, 6) is 1.67. The van der Waals surface area contributed by atoms with Crippen molar-refractivity contribution in [2.75, 3.05) is 20.8 Å². The van der Waals surface area contributed by atoms with Crippen LogP contribution in [0.25, 0.3) is 0 Å². The van der Waals surface area contributed by atoms with Crippen molar-refractivity contribution in [2.45, 2.75) is 95.5 Å². The van der Waals surface area contributed by atoms with Crippen LogP contribution in [-0.4, -0.2) is 60.0 Å². The lowest BCUT2D eigenvalue weighted by atomic mass is 9.33. The molecule has 4 aliphatic carbocycles. The Morgan fingerprint density at radius 1 is 1.18 bits per heavy atom. The largest absolute Gasteiger partial charge is 0.493 e. The number of hydrogen-bond donors (Lipinski definition) is 1. The highest BCUT2D eigenvalue weighted by atomic mass is 16.6. The van der Waals surface area contributed by atoms with Gasteiger partial charge in [0, 0.05) is 48.9 Å². The van der Waals surface area contributed by atoms with Crippen LogP contribution in [0.2, 0.25) is 0 Å². The van der Waals surface area contributed by atoms with Crippen molar-refractivity contribution in [3.63, 3.8) is 0 Å². The molecule has 6 heteroatoms. The first-order valence-electron chi connectivity index (χ1n) is 12.8. The number of aliphatic hydroxyl groups is 1. The maximum absolute atomic E-state index is 12.9. The van der Waals surface area contributed by atoms with E-state index in [1.807, 2.05) is 13.0 Å². The van der Waals surface area contributed by atoms with E-state index in [2.05, 4.69) is 31.7 Å². The van der Waals surface area contributed by atoms with Crippen molar-refractivity contribution in [2.24, 2.45) is 16.7 Å². The molecule has 6 aliphatic rings. The smallest absolute Gasteiger partial charge is 0.219 e. The number of likely N-dealkylation sites (tertiary alicyclic amines) is 1. The molecule has 34 heavy (non-hydrogen) atoms. The fourth-order valence-electron chi connectivity index (χ4n) is 9.16. The maximum atomic E-state index is 12.9. The van der Waals surface area contributed by atoms with Crippen LogP contribution in [-0.2, 0) is 21.4 Å². The molecule has 0 aromatic heterocycles. The Balaban J connectivity index is 1.66. The molecule has 1 aromatic rings. The van der Waals surface area contributed by atoms with Crippen LogP contribution in [0, 0.1) is 16.7 Å². The Labute approximate surface area is 202 Å². The number of carbonyl (C=O) groups excluding carboxylic acids is 1. The topological polar surface area (TPSA) is 68.2 Å². The van der Waals surface area contributed by atoms with Gasteiger partial charge in [-0.15, -0.1) is 0 Å². The number of piperidine rings is 1. The van der Waals surface area contributed by atoms with Crippen molar-refractivity contribution in [3.8, 4) is 11.5 Å². The van der Waals surface area contributed by atoms with E-state index < -0.39 is 11.2 Å². The molecular formula is C28H39NO5. The zero-order chi connectivity index (χ0) is 24.5. The van der Waals surface area contributed by atoms with E-state index in [9.17, 15) is 9.90 Å². The van der Waals surface area contributed by atoms with Crippen molar-refractivity contribution in [3.05, 3.63) is 23.3 Å². The summed E-state index contributed by atoms with van der Waals surface area (Å²) in [5, 5.41) is 12.2. The second-order valence-electron chi connectivity index (χ2n) is 12.8. The average Bonchev–Trinajstić information content (AvgIpc) is 3.14. The van der Waals surface area contributed by atoms with Crippen molar-refractivity contribution < 1.29 is 24.1 Å². The molecule has 1 saturated heterocycles. The van der Waals surface area contributed by atoms with Crippen LogP contribution < -0.4 is 9.47 Å². The predicted molar refractivity (Wildman–Crippen MR) is 128 cm³/mol. The molecule has 1 amide bonds. The zero-order valence-corrected chi connectivity index (χ0v) is 21.7. The number of hydrogen-bond acceptors (Lipinski definition) is 5. The van der Waals surface area contributed by atoms with E-state index in [1.54, 1.807) is 21.1 Å². The van der Waals surface area contributed by atoms with Gasteiger partial charge < -0.3 is 24.2 Å². The minimum atomic E-state index is -0.976. The number of benzene rings is 1. The number of rotatable bonds is 3. The summed E-state index contributed by atoms with van der Waals surface area (Å²) >= 11 is 0. The predicted octanol–water partition coefficient (Wildman–Crippen LogP) is 3.85. The normalized spacial score (nSPS) is 40.9. The molecule has 0 unspecified atom stereocenters. The summed E-state index contributed by atoms with van der Waals surface area (Å²) in [4.78, 5) is 15.0. The second-order valence-corrected chi connectivity index (χ2v) is 12.8. The van der Waals surface area contributed by atoms with Gasteiger partial charge in [-0.05, 0) is 56.1 Å². The lowest BCUT2D eigenvalue weighted by Crippen LogP contribution is -2.83. The van der Waals surface area contributed by atoms with Gasteiger partial charge in [-0.25, -0.2) is 0 Å². The van der Waals surface area contributed by atoms with Crippen LogP contribution in [0.5, 0.6) is 11.5 Å². The molecule has 3 saturated carbocycles. The number of methoxy groups -OCH3 is 2. The highest BCUT2D eigenvalue weighted by molar-refractivity contribution is 5.75. The van der Waals surface area contributed by atoms with E-state index in [4.69, 9.17) is 14.2 Å². The van der Waals surface area contributed by atoms with Gasteiger partial charge in [0.1, 0.15) is 11.7 Å². The van der Waals surface area contributed by atoms with Gasteiger partial charge in [-0.3, -0.25) is 4.79 Å². The Bertz CT molecular complexity index is 1080. The van der Waals surface area contributed by atoms with E-state index in [0.717, 1.165) is 50.1 Å². The molecule has 7 rings (SSSR count). The molecule has 186 valence electrons. The molecule has 2 aliphatic heterocycles. The highest BCUT2D eigenvalue weighted by Gasteiger charge is 2.82. The highest BCUT2D eigenvalue weighted by Crippen LogP contribution is 2.78. The summed E-state index contributed by atoms with van der Waals surface area (Å²) in [6, 6.07) is 4.29. The first kappa shape index (κ1) is 22.7. The third-order valence-electron chi connectivity index (χ3n) is 11.2. The van der Waals surface area contributed by atoms with Crippen LogP contribution in [0.1, 0.15) is 71.4 Å². The third kappa shape index (κ3) is 2.20. The van der Waals surface area contributed by atoms with Crippen LogP contribution >= 0.6 is 0 Å². The van der Waals surface area contributed by atoms with E-state index in [1.165, 1.54) is 11.1 Å².